The number of hydrogen-bond acceptors (Lipinski definition) is 4. The van der Waals surface area contributed by atoms with Gasteiger partial charge in [0.05, 0.1) is 7.11 Å². The van der Waals surface area contributed by atoms with E-state index in [0.717, 1.165) is 25.7 Å². The van der Waals surface area contributed by atoms with Crippen LogP contribution in [0.3, 0.4) is 0 Å². The zero-order valence-electron chi connectivity index (χ0n) is 13.7. The van der Waals surface area contributed by atoms with Gasteiger partial charge in [-0.1, -0.05) is 13.3 Å². The highest BCUT2D eigenvalue weighted by atomic mass is 32.2. The number of ether oxygens (including phenoxy) is 1. The Morgan fingerprint density at radius 3 is 2.61 bits per heavy atom. The summed E-state index contributed by atoms with van der Waals surface area (Å²) in [4.78, 5) is 12.2. The number of benzene rings is 1. The zero-order chi connectivity index (χ0) is 16.9. The van der Waals surface area contributed by atoms with Crippen molar-refractivity contribution >= 4 is 15.9 Å². The predicted octanol–water partition coefficient (Wildman–Crippen LogP) is 2.01. The van der Waals surface area contributed by atoms with Gasteiger partial charge in [-0.25, -0.2) is 8.42 Å². The SMILES string of the molecule is CCCCNC(=O)c1ccc(OC)c(S(=O)(=O)N2CCCC2)c1. The molecule has 0 bridgehead atoms. The van der Waals surface area contributed by atoms with Crippen LogP contribution in [0.5, 0.6) is 5.75 Å². The van der Waals surface area contributed by atoms with E-state index in [1.54, 1.807) is 6.07 Å². The highest BCUT2D eigenvalue weighted by Gasteiger charge is 2.30. The van der Waals surface area contributed by atoms with E-state index < -0.39 is 10.0 Å². The minimum absolute atomic E-state index is 0.0602. The molecule has 0 spiro atoms. The number of sulfonamides is 1. The van der Waals surface area contributed by atoms with Crippen LogP contribution in [0.15, 0.2) is 23.1 Å². The average Bonchev–Trinajstić information content (AvgIpc) is 3.09. The van der Waals surface area contributed by atoms with Gasteiger partial charge in [0.2, 0.25) is 10.0 Å². The number of amides is 1. The minimum Gasteiger partial charge on any atom is -0.495 e. The highest BCUT2D eigenvalue weighted by Crippen LogP contribution is 2.29. The van der Waals surface area contributed by atoms with Gasteiger partial charge in [-0.15, -0.1) is 0 Å². The fourth-order valence-electron chi connectivity index (χ4n) is 2.57. The van der Waals surface area contributed by atoms with Crippen LogP contribution in [-0.4, -0.2) is 45.4 Å². The maximum absolute atomic E-state index is 12.8. The van der Waals surface area contributed by atoms with E-state index in [9.17, 15) is 13.2 Å². The lowest BCUT2D eigenvalue weighted by atomic mass is 10.2. The molecule has 1 saturated heterocycles. The third kappa shape index (κ3) is 4.03. The maximum atomic E-state index is 12.8. The van der Waals surface area contributed by atoms with Crippen LogP contribution in [0.2, 0.25) is 0 Å². The van der Waals surface area contributed by atoms with E-state index in [0.29, 0.717) is 25.2 Å². The molecule has 1 aliphatic rings. The zero-order valence-corrected chi connectivity index (χ0v) is 14.5. The lowest BCUT2D eigenvalue weighted by Gasteiger charge is -2.18. The van der Waals surface area contributed by atoms with Crippen LogP contribution in [0.4, 0.5) is 0 Å². The van der Waals surface area contributed by atoms with Gasteiger partial charge in [0.15, 0.2) is 0 Å². The van der Waals surface area contributed by atoms with Gasteiger partial charge in [-0.05, 0) is 37.5 Å². The van der Waals surface area contributed by atoms with Crippen LogP contribution < -0.4 is 10.1 Å². The van der Waals surface area contributed by atoms with Gasteiger partial charge in [-0.3, -0.25) is 4.79 Å². The van der Waals surface area contributed by atoms with Gasteiger partial charge in [0.25, 0.3) is 5.91 Å². The summed E-state index contributed by atoms with van der Waals surface area (Å²) in [5, 5.41) is 2.80. The Balaban J connectivity index is 2.30. The Labute approximate surface area is 137 Å². The quantitative estimate of drug-likeness (QED) is 0.771. The third-order valence-electron chi connectivity index (χ3n) is 3.92. The summed E-state index contributed by atoms with van der Waals surface area (Å²) in [6.45, 7) is 3.65. The molecule has 1 heterocycles. The molecule has 7 heteroatoms. The molecule has 2 rings (SSSR count). The average molecular weight is 340 g/mol. The van der Waals surface area contributed by atoms with Crippen LogP contribution in [-0.2, 0) is 10.0 Å². The maximum Gasteiger partial charge on any atom is 0.251 e. The summed E-state index contributed by atoms with van der Waals surface area (Å²) in [6, 6.07) is 4.54. The summed E-state index contributed by atoms with van der Waals surface area (Å²) in [6.07, 6.45) is 3.59. The first-order chi connectivity index (χ1) is 11.0. The molecule has 1 N–H and O–H groups in total. The van der Waals surface area contributed by atoms with E-state index in [1.807, 2.05) is 6.92 Å². The van der Waals surface area contributed by atoms with Crippen molar-refractivity contribution in [3.8, 4) is 5.75 Å². The van der Waals surface area contributed by atoms with Crippen molar-refractivity contribution in [3.05, 3.63) is 23.8 Å². The Bertz CT molecular complexity index is 652. The highest BCUT2D eigenvalue weighted by molar-refractivity contribution is 7.89. The number of unbranched alkanes of at least 4 members (excludes halogenated alkanes) is 1. The molecule has 0 aromatic heterocycles. The number of hydrogen-bond donors (Lipinski definition) is 1. The number of nitrogens with zero attached hydrogens (tertiary/aromatic N) is 1. The Morgan fingerprint density at radius 2 is 2.00 bits per heavy atom. The summed E-state index contributed by atoms with van der Waals surface area (Å²) in [5.74, 6) is 0.000910. The van der Waals surface area contributed by atoms with E-state index >= 15 is 0 Å². The van der Waals surface area contributed by atoms with Crippen molar-refractivity contribution in [3.63, 3.8) is 0 Å². The molecular formula is C16H24N2O4S. The molecule has 1 fully saturated rings. The molecule has 0 aliphatic carbocycles. The largest absolute Gasteiger partial charge is 0.495 e. The Hall–Kier alpha value is -1.60. The van der Waals surface area contributed by atoms with E-state index in [4.69, 9.17) is 4.74 Å². The van der Waals surface area contributed by atoms with Gasteiger partial charge < -0.3 is 10.1 Å². The number of carbonyl (C=O) groups is 1. The molecule has 0 saturated carbocycles. The standard InChI is InChI=1S/C16H24N2O4S/c1-3-4-9-17-16(19)13-7-8-14(22-2)15(12-13)23(20,21)18-10-5-6-11-18/h7-8,12H,3-6,9-11H2,1-2H3,(H,17,19). The lowest BCUT2D eigenvalue weighted by Crippen LogP contribution is -2.29. The topological polar surface area (TPSA) is 75.7 Å². The molecular weight excluding hydrogens is 316 g/mol. The van der Waals surface area contributed by atoms with E-state index in [-0.39, 0.29) is 16.6 Å². The van der Waals surface area contributed by atoms with Crippen LogP contribution in [0.25, 0.3) is 0 Å². The molecule has 23 heavy (non-hydrogen) atoms. The molecule has 1 aliphatic heterocycles. The van der Waals surface area contributed by atoms with Crippen LogP contribution in [0.1, 0.15) is 43.0 Å². The summed E-state index contributed by atoms with van der Waals surface area (Å²) < 4.78 is 32.2. The lowest BCUT2D eigenvalue weighted by molar-refractivity contribution is 0.0953. The van der Waals surface area contributed by atoms with Crippen molar-refractivity contribution in [2.75, 3.05) is 26.7 Å². The first kappa shape index (κ1) is 17.7. The molecule has 0 atom stereocenters. The second-order valence-electron chi connectivity index (χ2n) is 5.59. The molecule has 6 nitrogen and oxygen atoms in total. The second-order valence-corrected chi connectivity index (χ2v) is 7.49. The monoisotopic (exact) mass is 340 g/mol. The Kier molecular flexibility index (Phi) is 6.01. The third-order valence-corrected chi connectivity index (χ3v) is 5.84. The van der Waals surface area contributed by atoms with Crippen molar-refractivity contribution < 1.29 is 17.9 Å². The van der Waals surface area contributed by atoms with Crippen molar-refractivity contribution in [2.45, 2.75) is 37.5 Å². The number of methoxy groups -OCH3 is 1. The first-order valence-electron chi connectivity index (χ1n) is 7.97. The molecule has 1 amide bonds. The summed E-state index contributed by atoms with van der Waals surface area (Å²) >= 11 is 0. The van der Waals surface area contributed by atoms with Gasteiger partial charge in [0, 0.05) is 25.2 Å². The van der Waals surface area contributed by atoms with Crippen molar-refractivity contribution in [2.24, 2.45) is 0 Å². The molecule has 0 unspecified atom stereocenters. The summed E-state index contributed by atoms with van der Waals surface area (Å²) in [5.41, 5.74) is 0.333. The first-order valence-corrected chi connectivity index (χ1v) is 9.41. The normalized spacial score (nSPS) is 15.6. The summed E-state index contributed by atoms with van der Waals surface area (Å²) in [7, 11) is -2.20. The number of rotatable bonds is 7. The molecule has 1 aromatic rings. The second kappa shape index (κ2) is 7.79. The van der Waals surface area contributed by atoms with Crippen LogP contribution >= 0.6 is 0 Å². The van der Waals surface area contributed by atoms with E-state index in [2.05, 4.69) is 5.32 Å². The number of nitrogens with one attached hydrogen (secondary N) is 1. The number of carbonyl (C=O) groups excluding carboxylic acids is 1. The molecule has 1 aromatic carbocycles. The molecule has 128 valence electrons. The fourth-order valence-corrected chi connectivity index (χ4v) is 4.27. The minimum atomic E-state index is -3.63. The van der Waals surface area contributed by atoms with Gasteiger partial charge >= 0.3 is 0 Å². The fraction of sp³-hybridized carbons (Fsp3) is 0.562. The van der Waals surface area contributed by atoms with E-state index in [1.165, 1.54) is 23.5 Å². The van der Waals surface area contributed by atoms with Gasteiger partial charge in [-0.2, -0.15) is 4.31 Å². The van der Waals surface area contributed by atoms with Crippen molar-refractivity contribution in [1.29, 1.82) is 0 Å². The predicted molar refractivity (Wildman–Crippen MR) is 88.2 cm³/mol. The molecule has 0 radical (unpaired) electrons. The van der Waals surface area contributed by atoms with Gasteiger partial charge in [0.1, 0.15) is 10.6 Å². The smallest absolute Gasteiger partial charge is 0.251 e. The van der Waals surface area contributed by atoms with Crippen molar-refractivity contribution in [1.82, 2.24) is 9.62 Å². The Morgan fingerprint density at radius 1 is 1.30 bits per heavy atom. The van der Waals surface area contributed by atoms with Crippen LogP contribution in [0, 0.1) is 0 Å².